The molecule has 98 valence electrons. The van der Waals surface area contributed by atoms with Crippen molar-refractivity contribution in [2.24, 2.45) is 0 Å². The Kier molecular flexibility index (Phi) is 3.76. The Morgan fingerprint density at radius 3 is 1.75 bits per heavy atom. The number of furan rings is 1. The fourth-order valence-electron chi connectivity index (χ4n) is 2.05. The highest BCUT2D eigenvalue weighted by atomic mass is 31.1. The van der Waals surface area contributed by atoms with Crippen LogP contribution in [0.4, 0.5) is 0 Å². The molecule has 0 atom stereocenters. The van der Waals surface area contributed by atoms with Crippen LogP contribution in [0, 0.1) is 0 Å². The number of carbonyl (C=O) groups excluding carboxylic acids is 1. The fraction of sp³-hybridized carbons (Fsp3) is 0. The molecule has 0 aliphatic carbocycles. The minimum atomic E-state index is -1.10. The first-order valence-corrected chi connectivity index (χ1v) is 7.68. The van der Waals surface area contributed by atoms with Crippen LogP contribution >= 0.6 is 7.92 Å². The molecule has 0 saturated carbocycles. The molecular formula is C17H13O2P. The third-order valence-electron chi connectivity index (χ3n) is 2.96. The van der Waals surface area contributed by atoms with Gasteiger partial charge in [-0.2, -0.15) is 0 Å². The van der Waals surface area contributed by atoms with E-state index in [9.17, 15) is 4.79 Å². The van der Waals surface area contributed by atoms with Crippen LogP contribution in [0.25, 0.3) is 0 Å². The van der Waals surface area contributed by atoms with Crippen LogP contribution in [0.1, 0.15) is 10.6 Å². The SMILES string of the molecule is O=C(c1ccco1)P(c1ccccc1)c1ccccc1. The third kappa shape index (κ3) is 2.56. The average Bonchev–Trinajstić information content (AvgIpc) is 3.04. The zero-order chi connectivity index (χ0) is 13.8. The van der Waals surface area contributed by atoms with Gasteiger partial charge in [-0.1, -0.05) is 60.7 Å². The average molecular weight is 280 g/mol. The molecule has 0 aliphatic rings. The van der Waals surface area contributed by atoms with Crippen LogP contribution in [-0.4, -0.2) is 5.52 Å². The van der Waals surface area contributed by atoms with Gasteiger partial charge in [0.05, 0.1) is 6.26 Å². The highest BCUT2D eigenvalue weighted by Crippen LogP contribution is 2.37. The van der Waals surface area contributed by atoms with E-state index in [0.29, 0.717) is 5.76 Å². The van der Waals surface area contributed by atoms with Gasteiger partial charge in [-0.25, -0.2) is 0 Å². The molecule has 1 heterocycles. The maximum absolute atomic E-state index is 12.7. The summed E-state index contributed by atoms with van der Waals surface area (Å²) in [5.41, 5.74) is 0.0439. The van der Waals surface area contributed by atoms with Gasteiger partial charge in [0.1, 0.15) is 0 Å². The number of benzene rings is 2. The molecule has 3 heteroatoms. The van der Waals surface area contributed by atoms with Crippen LogP contribution < -0.4 is 10.6 Å². The molecule has 0 unspecified atom stereocenters. The minimum absolute atomic E-state index is 0.0439. The van der Waals surface area contributed by atoms with E-state index < -0.39 is 7.92 Å². The van der Waals surface area contributed by atoms with Gasteiger partial charge in [-0.05, 0) is 22.7 Å². The summed E-state index contributed by atoms with van der Waals surface area (Å²) in [4.78, 5) is 12.7. The van der Waals surface area contributed by atoms with E-state index in [1.165, 1.54) is 6.26 Å². The van der Waals surface area contributed by atoms with Gasteiger partial charge in [0.15, 0.2) is 5.76 Å². The summed E-state index contributed by atoms with van der Waals surface area (Å²) in [6.45, 7) is 0. The van der Waals surface area contributed by atoms with Gasteiger partial charge in [0, 0.05) is 7.92 Å². The molecule has 0 fully saturated rings. The summed E-state index contributed by atoms with van der Waals surface area (Å²) in [5.74, 6) is 0.420. The predicted octanol–water partition coefficient (Wildman–Crippen LogP) is 3.55. The van der Waals surface area contributed by atoms with Crippen molar-refractivity contribution in [1.82, 2.24) is 0 Å². The van der Waals surface area contributed by atoms with Crippen LogP contribution in [0.2, 0.25) is 0 Å². The standard InChI is InChI=1S/C17H13O2P/c18-17(16-12-7-13-19-16)20(14-8-3-1-4-9-14)15-10-5-2-6-11-15/h1-13H. The van der Waals surface area contributed by atoms with Crippen LogP contribution in [0.3, 0.4) is 0 Å². The topological polar surface area (TPSA) is 30.2 Å². The maximum Gasteiger partial charge on any atom is 0.228 e. The van der Waals surface area contributed by atoms with E-state index >= 15 is 0 Å². The molecule has 2 nitrogen and oxygen atoms in total. The summed E-state index contributed by atoms with van der Waals surface area (Å²) < 4.78 is 5.29. The second kappa shape index (κ2) is 5.85. The molecule has 3 rings (SSSR count). The lowest BCUT2D eigenvalue weighted by Crippen LogP contribution is -2.17. The van der Waals surface area contributed by atoms with Crippen molar-refractivity contribution >= 4 is 24.1 Å². The van der Waals surface area contributed by atoms with Gasteiger partial charge < -0.3 is 4.42 Å². The zero-order valence-corrected chi connectivity index (χ0v) is 11.7. The van der Waals surface area contributed by atoms with Gasteiger partial charge >= 0.3 is 0 Å². The molecule has 0 saturated heterocycles. The number of rotatable bonds is 4. The Morgan fingerprint density at radius 2 is 1.30 bits per heavy atom. The normalized spacial score (nSPS) is 10.7. The molecule has 0 aliphatic heterocycles. The largest absolute Gasteiger partial charge is 0.461 e. The van der Waals surface area contributed by atoms with E-state index in [-0.39, 0.29) is 5.52 Å². The first-order chi connectivity index (χ1) is 9.86. The van der Waals surface area contributed by atoms with Crippen molar-refractivity contribution in [2.45, 2.75) is 0 Å². The molecule has 0 N–H and O–H groups in total. The molecule has 0 bridgehead atoms. The first kappa shape index (κ1) is 12.8. The van der Waals surface area contributed by atoms with E-state index in [4.69, 9.17) is 4.42 Å². The second-order valence-corrected chi connectivity index (χ2v) is 6.40. The predicted molar refractivity (Wildman–Crippen MR) is 82.1 cm³/mol. The summed E-state index contributed by atoms with van der Waals surface area (Å²) in [6.07, 6.45) is 1.54. The minimum Gasteiger partial charge on any atom is -0.461 e. The monoisotopic (exact) mass is 280 g/mol. The van der Waals surface area contributed by atoms with Crippen molar-refractivity contribution in [2.75, 3.05) is 0 Å². The Hall–Kier alpha value is -2.18. The molecule has 0 radical (unpaired) electrons. The summed E-state index contributed by atoms with van der Waals surface area (Å²) in [7, 11) is -1.10. The lowest BCUT2D eigenvalue weighted by atomic mass is 10.4. The zero-order valence-electron chi connectivity index (χ0n) is 10.8. The lowest BCUT2D eigenvalue weighted by molar-refractivity contribution is 0.106. The maximum atomic E-state index is 12.7. The van der Waals surface area contributed by atoms with Gasteiger partial charge in [-0.3, -0.25) is 4.79 Å². The van der Waals surface area contributed by atoms with Gasteiger partial charge in [0.25, 0.3) is 0 Å². The number of hydrogen-bond acceptors (Lipinski definition) is 2. The van der Waals surface area contributed by atoms with E-state index in [0.717, 1.165) is 10.6 Å². The second-order valence-electron chi connectivity index (χ2n) is 4.29. The molecule has 0 amide bonds. The van der Waals surface area contributed by atoms with Crippen LogP contribution in [0.15, 0.2) is 83.5 Å². The lowest BCUT2D eigenvalue weighted by Gasteiger charge is -2.15. The molecule has 3 aromatic rings. The van der Waals surface area contributed by atoms with Crippen molar-refractivity contribution in [1.29, 1.82) is 0 Å². The quantitative estimate of drug-likeness (QED) is 0.684. The first-order valence-electron chi connectivity index (χ1n) is 6.34. The number of carbonyl (C=O) groups is 1. The van der Waals surface area contributed by atoms with E-state index in [2.05, 4.69) is 0 Å². The fourth-order valence-corrected chi connectivity index (χ4v) is 4.10. The molecule has 0 spiro atoms. The van der Waals surface area contributed by atoms with Crippen LogP contribution in [0.5, 0.6) is 0 Å². The Balaban J connectivity index is 2.07. The number of hydrogen-bond donors (Lipinski definition) is 0. The van der Waals surface area contributed by atoms with Gasteiger partial charge in [-0.15, -0.1) is 0 Å². The van der Waals surface area contributed by atoms with Crippen molar-refractivity contribution in [3.63, 3.8) is 0 Å². The third-order valence-corrected chi connectivity index (χ3v) is 5.22. The van der Waals surface area contributed by atoms with Crippen molar-refractivity contribution < 1.29 is 9.21 Å². The summed E-state index contributed by atoms with van der Waals surface area (Å²) >= 11 is 0. The summed E-state index contributed by atoms with van der Waals surface area (Å²) in [5, 5.41) is 2.07. The molecule has 2 aromatic carbocycles. The highest BCUT2D eigenvalue weighted by Gasteiger charge is 2.25. The Bertz CT molecular complexity index is 636. The van der Waals surface area contributed by atoms with Crippen LogP contribution in [-0.2, 0) is 0 Å². The Labute approximate surface area is 118 Å². The van der Waals surface area contributed by atoms with Gasteiger partial charge in [0.2, 0.25) is 5.52 Å². The molecule has 20 heavy (non-hydrogen) atoms. The van der Waals surface area contributed by atoms with Crippen molar-refractivity contribution in [3.05, 3.63) is 84.8 Å². The molecule has 1 aromatic heterocycles. The van der Waals surface area contributed by atoms with Crippen molar-refractivity contribution in [3.8, 4) is 0 Å². The highest BCUT2D eigenvalue weighted by molar-refractivity contribution is 7.88. The smallest absolute Gasteiger partial charge is 0.228 e. The van der Waals surface area contributed by atoms with E-state index in [1.54, 1.807) is 12.1 Å². The summed E-state index contributed by atoms with van der Waals surface area (Å²) in [6, 6.07) is 23.2. The molecular weight excluding hydrogens is 267 g/mol. The Morgan fingerprint density at radius 1 is 0.750 bits per heavy atom. The van der Waals surface area contributed by atoms with E-state index in [1.807, 2.05) is 60.7 Å².